The van der Waals surface area contributed by atoms with Crippen molar-refractivity contribution in [2.75, 3.05) is 5.32 Å². The second-order valence-electron chi connectivity index (χ2n) is 4.92. The van der Waals surface area contributed by atoms with Crippen molar-refractivity contribution in [2.45, 2.75) is 32.4 Å². The van der Waals surface area contributed by atoms with Gasteiger partial charge in [0.05, 0.1) is 11.0 Å². The summed E-state index contributed by atoms with van der Waals surface area (Å²) in [6.45, 7) is 3.87. The largest absolute Gasteiger partial charge is 0.392 e. The summed E-state index contributed by atoms with van der Waals surface area (Å²) in [7, 11) is 0. The number of nitrogens with one attached hydrogen (secondary N) is 1. The second kappa shape index (κ2) is 3.96. The minimum atomic E-state index is -0.461. The zero-order valence-corrected chi connectivity index (χ0v) is 9.75. The minimum absolute atomic E-state index is 0.0373. The van der Waals surface area contributed by atoms with Crippen molar-refractivity contribution in [2.24, 2.45) is 5.41 Å². The Kier molecular flexibility index (Phi) is 2.74. The number of hydrogen-bond donors (Lipinski definition) is 2. The van der Waals surface area contributed by atoms with Crippen LogP contribution in [0.3, 0.4) is 0 Å². The Morgan fingerprint density at radius 2 is 2.35 bits per heavy atom. The smallest absolute Gasteiger partial charge is 0.310 e. The van der Waals surface area contributed by atoms with Gasteiger partial charge in [-0.15, -0.1) is 0 Å². The molecule has 1 saturated carbocycles. The number of anilines is 1. The summed E-state index contributed by atoms with van der Waals surface area (Å²) in [6, 6.07) is 1.62. The van der Waals surface area contributed by atoms with Gasteiger partial charge in [0.25, 0.3) is 0 Å². The number of rotatable bonds is 3. The molecule has 0 amide bonds. The molecular formula is C11H15N3O3. The lowest BCUT2D eigenvalue weighted by molar-refractivity contribution is -0.384. The van der Waals surface area contributed by atoms with E-state index in [1.165, 1.54) is 12.4 Å². The van der Waals surface area contributed by atoms with E-state index in [0.717, 1.165) is 0 Å². The van der Waals surface area contributed by atoms with Gasteiger partial charge in [0.15, 0.2) is 0 Å². The lowest BCUT2D eigenvalue weighted by Crippen LogP contribution is -2.56. The summed E-state index contributed by atoms with van der Waals surface area (Å²) in [6.07, 6.45) is 2.98. The van der Waals surface area contributed by atoms with E-state index >= 15 is 0 Å². The number of pyridine rings is 1. The van der Waals surface area contributed by atoms with Crippen molar-refractivity contribution in [1.82, 2.24) is 4.98 Å². The highest BCUT2D eigenvalue weighted by Gasteiger charge is 2.47. The van der Waals surface area contributed by atoms with Gasteiger partial charge in [0, 0.05) is 17.7 Å². The van der Waals surface area contributed by atoms with Gasteiger partial charge in [-0.3, -0.25) is 15.1 Å². The number of aliphatic hydroxyl groups excluding tert-OH is 1. The van der Waals surface area contributed by atoms with Crippen LogP contribution in [0.4, 0.5) is 11.4 Å². The van der Waals surface area contributed by atoms with Crippen LogP contribution in [0.25, 0.3) is 0 Å². The highest BCUT2D eigenvalue weighted by molar-refractivity contribution is 5.60. The molecule has 2 N–H and O–H groups in total. The first kappa shape index (κ1) is 11.8. The zero-order valence-electron chi connectivity index (χ0n) is 9.75. The summed E-state index contributed by atoms with van der Waals surface area (Å²) in [5.74, 6) is 0. The monoisotopic (exact) mass is 237 g/mol. The molecule has 6 nitrogen and oxygen atoms in total. The van der Waals surface area contributed by atoms with Crippen LogP contribution in [0.15, 0.2) is 18.5 Å². The minimum Gasteiger partial charge on any atom is -0.392 e. The second-order valence-corrected chi connectivity index (χ2v) is 4.92. The van der Waals surface area contributed by atoms with Crippen molar-refractivity contribution >= 4 is 11.4 Å². The normalized spacial score (nSPS) is 26.1. The molecule has 0 bridgehead atoms. The number of aromatic nitrogens is 1. The highest BCUT2D eigenvalue weighted by Crippen LogP contribution is 2.43. The van der Waals surface area contributed by atoms with Crippen LogP contribution in [0.1, 0.15) is 20.3 Å². The highest BCUT2D eigenvalue weighted by atomic mass is 16.6. The molecule has 0 aliphatic heterocycles. The van der Waals surface area contributed by atoms with Crippen LogP contribution in [0.5, 0.6) is 0 Å². The van der Waals surface area contributed by atoms with E-state index in [0.29, 0.717) is 12.1 Å². The van der Waals surface area contributed by atoms with Crippen molar-refractivity contribution < 1.29 is 10.0 Å². The summed E-state index contributed by atoms with van der Waals surface area (Å²) < 4.78 is 0. The third-order valence-corrected chi connectivity index (χ3v) is 3.54. The fourth-order valence-corrected chi connectivity index (χ4v) is 1.99. The topological polar surface area (TPSA) is 88.3 Å². The van der Waals surface area contributed by atoms with Crippen LogP contribution in [-0.4, -0.2) is 27.2 Å². The van der Waals surface area contributed by atoms with Crippen molar-refractivity contribution in [3.63, 3.8) is 0 Å². The van der Waals surface area contributed by atoms with Gasteiger partial charge in [-0.05, 0) is 12.5 Å². The molecule has 2 unspecified atom stereocenters. The average molecular weight is 237 g/mol. The molecule has 0 saturated heterocycles. The SMILES string of the molecule is CC1(C)C(O)CC1Nc1ccncc1[N+](=O)[O-]. The van der Waals surface area contributed by atoms with Gasteiger partial charge in [-0.2, -0.15) is 0 Å². The van der Waals surface area contributed by atoms with E-state index in [1.807, 2.05) is 13.8 Å². The molecule has 0 spiro atoms. The zero-order chi connectivity index (χ0) is 12.6. The molecule has 17 heavy (non-hydrogen) atoms. The molecule has 0 radical (unpaired) electrons. The maximum atomic E-state index is 10.8. The quantitative estimate of drug-likeness (QED) is 0.615. The van der Waals surface area contributed by atoms with Gasteiger partial charge in [-0.25, -0.2) is 0 Å². The van der Waals surface area contributed by atoms with Crippen LogP contribution in [0.2, 0.25) is 0 Å². The number of nitrogens with zero attached hydrogens (tertiary/aromatic N) is 2. The Hall–Kier alpha value is -1.69. The van der Waals surface area contributed by atoms with Crippen molar-refractivity contribution in [3.8, 4) is 0 Å². The van der Waals surface area contributed by atoms with E-state index in [1.54, 1.807) is 6.07 Å². The summed E-state index contributed by atoms with van der Waals surface area (Å²) in [5.41, 5.74) is 0.150. The molecule has 1 aromatic rings. The van der Waals surface area contributed by atoms with Crippen molar-refractivity contribution in [3.05, 3.63) is 28.6 Å². The molecule has 1 aromatic heterocycles. The van der Waals surface area contributed by atoms with E-state index in [-0.39, 0.29) is 23.2 Å². The van der Waals surface area contributed by atoms with Gasteiger partial charge in [0.2, 0.25) is 0 Å². The standard InChI is InChI=1S/C11H15N3O3/c1-11(2)9(5-10(11)15)13-7-3-4-12-6-8(7)14(16)17/h3-4,6,9-10,15H,5H2,1-2H3,(H,12,13). The summed E-state index contributed by atoms with van der Waals surface area (Å²) >= 11 is 0. The first-order chi connectivity index (χ1) is 7.93. The Bertz CT molecular complexity index is 447. The molecule has 2 atom stereocenters. The third kappa shape index (κ3) is 1.95. The van der Waals surface area contributed by atoms with Crippen LogP contribution in [0, 0.1) is 15.5 Å². The Balaban J connectivity index is 2.18. The van der Waals surface area contributed by atoms with E-state index in [4.69, 9.17) is 0 Å². The van der Waals surface area contributed by atoms with Gasteiger partial charge in [0.1, 0.15) is 11.9 Å². The first-order valence-electron chi connectivity index (χ1n) is 5.46. The predicted molar refractivity (Wildman–Crippen MR) is 62.7 cm³/mol. The van der Waals surface area contributed by atoms with Gasteiger partial charge < -0.3 is 10.4 Å². The number of nitro groups is 1. The molecule has 1 aliphatic carbocycles. The number of hydrogen-bond acceptors (Lipinski definition) is 5. The van der Waals surface area contributed by atoms with E-state index in [2.05, 4.69) is 10.3 Å². The van der Waals surface area contributed by atoms with E-state index < -0.39 is 4.92 Å². The van der Waals surface area contributed by atoms with Crippen LogP contribution < -0.4 is 5.32 Å². The maximum absolute atomic E-state index is 10.8. The average Bonchev–Trinajstić information content (AvgIpc) is 2.29. The van der Waals surface area contributed by atoms with Crippen molar-refractivity contribution in [1.29, 1.82) is 0 Å². The molecule has 2 rings (SSSR count). The van der Waals surface area contributed by atoms with E-state index in [9.17, 15) is 15.2 Å². The molecule has 0 aromatic carbocycles. The Morgan fingerprint density at radius 1 is 1.65 bits per heavy atom. The fraction of sp³-hybridized carbons (Fsp3) is 0.545. The Labute approximate surface area is 98.8 Å². The Morgan fingerprint density at radius 3 is 2.88 bits per heavy atom. The molecule has 1 heterocycles. The van der Waals surface area contributed by atoms with Crippen LogP contribution >= 0.6 is 0 Å². The summed E-state index contributed by atoms with van der Waals surface area (Å²) in [4.78, 5) is 14.1. The van der Waals surface area contributed by atoms with Crippen LogP contribution in [-0.2, 0) is 0 Å². The summed E-state index contributed by atoms with van der Waals surface area (Å²) in [5, 5.41) is 23.5. The maximum Gasteiger partial charge on any atom is 0.310 e. The molecule has 1 aliphatic rings. The third-order valence-electron chi connectivity index (χ3n) is 3.54. The lowest BCUT2D eigenvalue weighted by atomic mass is 9.64. The number of aliphatic hydroxyl groups is 1. The molecular weight excluding hydrogens is 222 g/mol. The molecule has 92 valence electrons. The molecule has 6 heteroatoms. The van der Waals surface area contributed by atoms with Gasteiger partial charge >= 0.3 is 5.69 Å². The van der Waals surface area contributed by atoms with Gasteiger partial charge in [-0.1, -0.05) is 13.8 Å². The first-order valence-corrected chi connectivity index (χ1v) is 5.46. The molecule has 1 fully saturated rings. The lowest BCUT2D eigenvalue weighted by Gasteiger charge is -2.49. The predicted octanol–water partition coefficient (Wildman–Crippen LogP) is 1.56. The fourth-order valence-electron chi connectivity index (χ4n) is 1.99.